The van der Waals surface area contributed by atoms with Crippen LogP contribution >= 0.6 is 0 Å². The highest BCUT2D eigenvalue weighted by Crippen LogP contribution is 2.16. The molecule has 15 heavy (non-hydrogen) atoms. The van der Waals surface area contributed by atoms with E-state index >= 15 is 0 Å². The molecule has 1 atom stereocenters. The predicted molar refractivity (Wildman–Crippen MR) is 57.2 cm³/mol. The van der Waals surface area contributed by atoms with Crippen LogP contribution in [0.2, 0.25) is 0 Å². The number of carbonyl (C=O) groups is 1. The van der Waals surface area contributed by atoms with E-state index in [9.17, 15) is 4.79 Å². The van der Waals surface area contributed by atoms with Crippen LogP contribution in [0, 0.1) is 5.92 Å². The normalized spacial score (nSPS) is 20.3. The first-order chi connectivity index (χ1) is 7.29. The highest BCUT2D eigenvalue weighted by Gasteiger charge is 2.23. The zero-order valence-electron chi connectivity index (χ0n) is 8.57. The van der Waals surface area contributed by atoms with Gasteiger partial charge in [-0.2, -0.15) is 0 Å². The molecule has 1 heterocycles. The molecule has 1 fully saturated rings. The Balaban J connectivity index is 2.01. The molecule has 0 saturated carbocycles. The molecular formula is C12H15NO2. The van der Waals surface area contributed by atoms with Gasteiger partial charge in [0.1, 0.15) is 0 Å². The van der Waals surface area contributed by atoms with Crippen molar-refractivity contribution in [3.63, 3.8) is 0 Å². The second-order valence-corrected chi connectivity index (χ2v) is 3.96. The number of hydrogen-bond acceptors (Lipinski definition) is 2. The number of carbonyl (C=O) groups excluding carboxylic acids is 1. The molecule has 0 aliphatic carbocycles. The third-order valence-corrected chi connectivity index (χ3v) is 2.85. The van der Waals surface area contributed by atoms with Crippen LogP contribution in [-0.4, -0.2) is 17.6 Å². The number of aliphatic hydroxyl groups excluding tert-OH is 1. The van der Waals surface area contributed by atoms with E-state index in [0.29, 0.717) is 0 Å². The van der Waals surface area contributed by atoms with Crippen molar-refractivity contribution in [2.24, 2.45) is 5.92 Å². The van der Waals surface area contributed by atoms with Gasteiger partial charge in [0.15, 0.2) is 0 Å². The Bertz CT molecular complexity index is 345. The molecule has 1 saturated heterocycles. The first kappa shape index (κ1) is 10.2. The largest absolute Gasteiger partial charge is 0.392 e. The maximum atomic E-state index is 11.4. The standard InChI is InChI=1S/C12H15NO2/c14-8-10-3-1-9(2-4-10)7-11-5-6-13-12(11)15/h1-4,11,14H,5-8H2,(H,13,15). The van der Waals surface area contributed by atoms with Gasteiger partial charge in [0.25, 0.3) is 0 Å². The van der Waals surface area contributed by atoms with Gasteiger partial charge in [-0.25, -0.2) is 0 Å². The van der Waals surface area contributed by atoms with Crippen LogP contribution in [0.4, 0.5) is 0 Å². The van der Waals surface area contributed by atoms with E-state index < -0.39 is 0 Å². The Morgan fingerprint density at radius 1 is 1.27 bits per heavy atom. The van der Waals surface area contributed by atoms with Crippen molar-refractivity contribution in [1.82, 2.24) is 5.32 Å². The fraction of sp³-hybridized carbons (Fsp3) is 0.417. The molecular weight excluding hydrogens is 190 g/mol. The molecule has 2 N–H and O–H groups in total. The molecule has 1 aromatic rings. The highest BCUT2D eigenvalue weighted by molar-refractivity contribution is 5.80. The summed E-state index contributed by atoms with van der Waals surface area (Å²) in [6.07, 6.45) is 1.73. The fourth-order valence-electron chi connectivity index (χ4n) is 1.91. The van der Waals surface area contributed by atoms with Crippen LogP contribution in [-0.2, 0) is 17.8 Å². The van der Waals surface area contributed by atoms with Gasteiger partial charge in [0.05, 0.1) is 6.61 Å². The Morgan fingerprint density at radius 2 is 1.93 bits per heavy atom. The molecule has 0 spiro atoms. The average molecular weight is 205 g/mol. The van der Waals surface area contributed by atoms with Crippen molar-refractivity contribution >= 4 is 5.91 Å². The molecule has 2 rings (SSSR count). The number of amides is 1. The third kappa shape index (κ3) is 2.36. The van der Waals surface area contributed by atoms with E-state index in [0.717, 1.165) is 30.5 Å². The highest BCUT2D eigenvalue weighted by atomic mass is 16.3. The molecule has 1 amide bonds. The lowest BCUT2D eigenvalue weighted by molar-refractivity contribution is -0.122. The summed E-state index contributed by atoms with van der Waals surface area (Å²) in [7, 11) is 0. The zero-order chi connectivity index (χ0) is 10.7. The molecule has 0 aromatic heterocycles. The van der Waals surface area contributed by atoms with E-state index in [1.807, 2.05) is 24.3 Å². The minimum absolute atomic E-state index is 0.0736. The minimum atomic E-state index is 0.0736. The number of rotatable bonds is 3. The van der Waals surface area contributed by atoms with Crippen molar-refractivity contribution in [2.45, 2.75) is 19.4 Å². The lowest BCUT2D eigenvalue weighted by Gasteiger charge is -2.07. The minimum Gasteiger partial charge on any atom is -0.392 e. The lowest BCUT2D eigenvalue weighted by Crippen LogP contribution is -2.20. The third-order valence-electron chi connectivity index (χ3n) is 2.85. The number of nitrogens with one attached hydrogen (secondary N) is 1. The lowest BCUT2D eigenvalue weighted by atomic mass is 9.97. The summed E-state index contributed by atoms with van der Waals surface area (Å²) in [5, 5.41) is 11.7. The van der Waals surface area contributed by atoms with Gasteiger partial charge < -0.3 is 10.4 Å². The van der Waals surface area contributed by atoms with Crippen LogP contribution in [0.25, 0.3) is 0 Å². The van der Waals surface area contributed by atoms with E-state index in [1.165, 1.54) is 0 Å². The van der Waals surface area contributed by atoms with Gasteiger partial charge >= 0.3 is 0 Å². The van der Waals surface area contributed by atoms with Gasteiger partial charge in [-0.1, -0.05) is 24.3 Å². The van der Waals surface area contributed by atoms with Crippen molar-refractivity contribution < 1.29 is 9.90 Å². The molecule has 80 valence electrons. The fourth-order valence-corrected chi connectivity index (χ4v) is 1.91. The SMILES string of the molecule is O=C1NCCC1Cc1ccc(CO)cc1. The van der Waals surface area contributed by atoms with Crippen LogP contribution in [0.15, 0.2) is 24.3 Å². The van der Waals surface area contributed by atoms with Crippen LogP contribution in [0.3, 0.4) is 0 Å². The second kappa shape index (κ2) is 4.45. The van der Waals surface area contributed by atoms with Gasteiger partial charge in [-0.3, -0.25) is 4.79 Å². The van der Waals surface area contributed by atoms with Crippen molar-refractivity contribution in [1.29, 1.82) is 0 Å². The second-order valence-electron chi connectivity index (χ2n) is 3.96. The van der Waals surface area contributed by atoms with Crippen molar-refractivity contribution in [3.05, 3.63) is 35.4 Å². The molecule has 1 aromatic carbocycles. The number of benzene rings is 1. The van der Waals surface area contributed by atoms with Crippen LogP contribution in [0.5, 0.6) is 0 Å². The van der Waals surface area contributed by atoms with Crippen molar-refractivity contribution in [2.75, 3.05) is 6.54 Å². The van der Waals surface area contributed by atoms with Gasteiger partial charge in [0, 0.05) is 12.5 Å². The summed E-state index contributed by atoms with van der Waals surface area (Å²) in [6.45, 7) is 0.877. The first-order valence-corrected chi connectivity index (χ1v) is 5.26. The monoisotopic (exact) mass is 205 g/mol. The summed E-state index contributed by atoms with van der Waals surface area (Å²) < 4.78 is 0. The molecule has 1 aliphatic rings. The number of hydrogen-bond donors (Lipinski definition) is 2. The summed E-state index contributed by atoms with van der Waals surface area (Å²) >= 11 is 0. The molecule has 3 nitrogen and oxygen atoms in total. The van der Waals surface area contributed by atoms with Gasteiger partial charge in [-0.15, -0.1) is 0 Å². The van der Waals surface area contributed by atoms with Gasteiger partial charge in [-0.05, 0) is 24.0 Å². The zero-order valence-corrected chi connectivity index (χ0v) is 8.57. The van der Waals surface area contributed by atoms with Crippen LogP contribution in [0.1, 0.15) is 17.5 Å². The summed E-state index contributed by atoms with van der Waals surface area (Å²) in [4.78, 5) is 11.4. The molecule has 1 unspecified atom stereocenters. The Kier molecular flexibility index (Phi) is 3.02. The summed E-state index contributed by atoms with van der Waals surface area (Å²) in [6, 6.07) is 7.78. The predicted octanol–water partition coefficient (Wildman–Crippen LogP) is 0.857. The van der Waals surface area contributed by atoms with E-state index in [2.05, 4.69) is 5.32 Å². The maximum absolute atomic E-state index is 11.4. The Hall–Kier alpha value is -1.35. The van der Waals surface area contributed by atoms with Crippen molar-refractivity contribution in [3.8, 4) is 0 Å². The Labute approximate surface area is 89.1 Å². The average Bonchev–Trinajstić information content (AvgIpc) is 2.66. The van der Waals surface area contributed by atoms with Gasteiger partial charge in [0.2, 0.25) is 5.91 Å². The topological polar surface area (TPSA) is 49.3 Å². The first-order valence-electron chi connectivity index (χ1n) is 5.26. The quantitative estimate of drug-likeness (QED) is 0.768. The molecule has 0 bridgehead atoms. The van der Waals surface area contributed by atoms with E-state index in [1.54, 1.807) is 0 Å². The summed E-state index contributed by atoms with van der Waals surface area (Å²) in [5.41, 5.74) is 2.07. The van der Waals surface area contributed by atoms with E-state index in [-0.39, 0.29) is 18.4 Å². The maximum Gasteiger partial charge on any atom is 0.223 e. The summed E-state index contributed by atoms with van der Waals surface area (Å²) in [5.74, 6) is 0.297. The Morgan fingerprint density at radius 3 is 2.47 bits per heavy atom. The number of aliphatic hydroxyl groups is 1. The molecule has 1 aliphatic heterocycles. The van der Waals surface area contributed by atoms with Crippen LogP contribution < -0.4 is 5.32 Å². The smallest absolute Gasteiger partial charge is 0.223 e. The van der Waals surface area contributed by atoms with E-state index in [4.69, 9.17) is 5.11 Å². The molecule has 0 radical (unpaired) electrons. The molecule has 3 heteroatoms.